The summed E-state index contributed by atoms with van der Waals surface area (Å²) >= 11 is 1.29. The van der Waals surface area contributed by atoms with Crippen molar-refractivity contribution in [2.45, 2.75) is 32.2 Å². The van der Waals surface area contributed by atoms with Gasteiger partial charge in [-0.3, -0.25) is 4.79 Å². The molecule has 3 rings (SSSR count). The second kappa shape index (κ2) is 8.24. The zero-order valence-corrected chi connectivity index (χ0v) is 16.5. The highest BCUT2D eigenvalue weighted by atomic mass is 32.2. The van der Waals surface area contributed by atoms with E-state index in [0.717, 1.165) is 34.1 Å². The fraction of sp³-hybridized carbons (Fsp3) is 0.227. The van der Waals surface area contributed by atoms with E-state index in [1.807, 2.05) is 50.2 Å². The molecular formula is C22H21N3OS. The minimum Gasteiger partial charge on any atom is -0.325 e. The van der Waals surface area contributed by atoms with Gasteiger partial charge in [0.1, 0.15) is 11.1 Å². The number of rotatable bonds is 5. The maximum atomic E-state index is 12.4. The van der Waals surface area contributed by atoms with Crippen molar-refractivity contribution in [2.75, 3.05) is 11.1 Å². The Kier molecular flexibility index (Phi) is 5.78. The molecule has 0 unspecified atom stereocenters. The van der Waals surface area contributed by atoms with Crippen LogP contribution >= 0.6 is 11.8 Å². The lowest BCUT2D eigenvalue weighted by Crippen LogP contribution is -2.16. The maximum absolute atomic E-state index is 12.4. The number of thioether (sulfide) groups is 1. The number of pyridine rings is 1. The summed E-state index contributed by atoms with van der Waals surface area (Å²) in [5, 5.41) is 14.0. The minimum absolute atomic E-state index is 0.107. The molecule has 0 radical (unpaired) electrons. The number of benzene rings is 2. The van der Waals surface area contributed by atoms with E-state index in [4.69, 9.17) is 0 Å². The number of carbonyl (C=O) groups excluding carboxylic acids is 1. The van der Waals surface area contributed by atoms with Crippen molar-refractivity contribution < 1.29 is 4.79 Å². The number of fused-ring (bicyclic) bond motifs is 1. The van der Waals surface area contributed by atoms with Crippen LogP contribution in [0, 0.1) is 25.2 Å². The Bertz CT molecular complexity index is 1030. The molecule has 0 saturated carbocycles. The monoisotopic (exact) mass is 375 g/mol. The van der Waals surface area contributed by atoms with E-state index in [1.165, 1.54) is 17.3 Å². The van der Waals surface area contributed by atoms with Gasteiger partial charge in [0.05, 0.1) is 16.8 Å². The molecule has 0 spiro atoms. The molecule has 1 N–H and O–H groups in total. The first kappa shape index (κ1) is 18.9. The van der Waals surface area contributed by atoms with Gasteiger partial charge >= 0.3 is 0 Å². The molecule has 0 bridgehead atoms. The third-order valence-corrected chi connectivity index (χ3v) is 5.45. The van der Waals surface area contributed by atoms with E-state index < -0.39 is 0 Å². The first-order valence-corrected chi connectivity index (χ1v) is 9.83. The normalized spacial score (nSPS) is 10.6. The Morgan fingerprint density at radius 2 is 1.93 bits per heavy atom. The van der Waals surface area contributed by atoms with Crippen molar-refractivity contribution in [3.05, 3.63) is 64.7 Å². The highest BCUT2D eigenvalue weighted by Gasteiger charge is 2.12. The van der Waals surface area contributed by atoms with E-state index in [0.29, 0.717) is 10.6 Å². The number of aromatic nitrogens is 1. The van der Waals surface area contributed by atoms with Crippen LogP contribution in [0.15, 0.2) is 47.5 Å². The van der Waals surface area contributed by atoms with Gasteiger partial charge in [-0.1, -0.05) is 43.0 Å². The molecular weight excluding hydrogens is 354 g/mol. The Morgan fingerprint density at radius 1 is 1.19 bits per heavy atom. The molecule has 136 valence electrons. The molecule has 5 heteroatoms. The van der Waals surface area contributed by atoms with Gasteiger partial charge in [-0.15, -0.1) is 0 Å². The molecule has 4 nitrogen and oxygen atoms in total. The molecule has 0 saturated heterocycles. The molecule has 1 heterocycles. The van der Waals surface area contributed by atoms with Crippen LogP contribution in [0.1, 0.15) is 29.2 Å². The second-order valence-corrected chi connectivity index (χ2v) is 7.40. The molecule has 0 aliphatic heterocycles. The van der Waals surface area contributed by atoms with Crippen molar-refractivity contribution >= 4 is 34.3 Å². The van der Waals surface area contributed by atoms with Crippen LogP contribution < -0.4 is 5.32 Å². The van der Waals surface area contributed by atoms with Gasteiger partial charge < -0.3 is 5.32 Å². The Balaban J connectivity index is 1.78. The van der Waals surface area contributed by atoms with E-state index in [2.05, 4.69) is 29.4 Å². The summed E-state index contributed by atoms with van der Waals surface area (Å²) in [4.78, 5) is 17.0. The quantitative estimate of drug-likeness (QED) is 0.636. The van der Waals surface area contributed by atoms with Crippen molar-refractivity contribution in [3.63, 3.8) is 0 Å². The SMILES string of the molecule is CCc1ccc2nc(SCC(=O)Nc3c(C)cccc3C)c(C#N)cc2c1. The summed E-state index contributed by atoms with van der Waals surface area (Å²) in [6, 6.07) is 16.0. The molecule has 1 aromatic heterocycles. The highest BCUT2D eigenvalue weighted by Crippen LogP contribution is 2.26. The van der Waals surface area contributed by atoms with E-state index in [-0.39, 0.29) is 11.7 Å². The van der Waals surface area contributed by atoms with Crippen LogP contribution in [0.25, 0.3) is 10.9 Å². The standard InChI is InChI=1S/C22H21N3OS/c1-4-16-8-9-19-17(10-16)11-18(12-23)22(24-19)27-13-20(26)25-21-14(2)6-5-7-15(21)3/h5-11H,4,13H2,1-3H3,(H,25,26). The van der Waals surface area contributed by atoms with Gasteiger partial charge in [0, 0.05) is 11.1 Å². The number of carbonyl (C=O) groups is 1. The van der Waals surface area contributed by atoms with E-state index in [1.54, 1.807) is 0 Å². The van der Waals surface area contributed by atoms with E-state index in [9.17, 15) is 10.1 Å². The lowest BCUT2D eigenvalue weighted by molar-refractivity contribution is -0.113. The summed E-state index contributed by atoms with van der Waals surface area (Å²) in [6.45, 7) is 6.04. The van der Waals surface area contributed by atoms with Gasteiger partial charge in [0.25, 0.3) is 0 Å². The largest absolute Gasteiger partial charge is 0.325 e. The van der Waals surface area contributed by atoms with Gasteiger partial charge in [0.15, 0.2) is 0 Å². The second-order valence-electron chi connectivity index (χ2n) is 6.44. The van der Waals surface area contributed by atoms with Crippen LogP contribution in [0.3, 0.4) is 0 Å². The van der Waals surface area contributed by atoms with Gasteiger partial charge in [0.2, 0.25) is 5.91 Å². The van der Waals surface area contributed by atoms with Crippen molar-refractivity contribution in [2.24, 2.45) is 0 Å². The number of nitrogens with one attached hydrogen (secondary N) is 1. The number of aryl methyl sites for hydroxylation is 3. The number of nitrogens with zero attached hydrogens (tertiary/aromatic N) is 2. The smallest absolute Gasteiger partial charge is 0.234 e. The summed E-state index contributed by atoms with van der Waals surface area (Å²) in [5.41, 5.74) is 5.46. The average molecular weight is 375 g/mol. The Morgan fingerprint density at radius 3 is 2.59 bits per heavy atom. The molecule has 27 heavy (non-hydrogen) atoms. The third kappa shape index (κ3) is 4.29. The topological polar surface area (TPSA) is 65.8 Å². The molecule has 2 aromatic carbocycles. The van der Waals surface area contributed by atoms with Crippen LogP contribution in [0.4, 0.5) is 5.69 Å². The first-order chi connectivity index (χ1) is 13.0. The number of nitriles is 1. The zero-order valence-electron chi connectivity index (χ0n) is 15.7. The number of hydrogen-bond acceptors (Lipinski definition) is 4. The predicted octanol–water partition coefficient (Wildman–Crippen LogP) is 5.02. The number of anilines is 1. The maximum Gasteiger partial charge on any atom is 0.234 e. The van der Waals surface area contributed by atoms with Gasteiger partial charge in [-0.05, 0) is 55.2 Å². The van der Waals surface area contributed by atoms with Crippen LogP contribution in [-0.4, -0.2) is 16.6 Å². The fourth-order valence-corrected chi connectivity index (χ4v) is 3.70. The first-order valence-electron chi connectivity index (χ1n) is 8.84. The summed E-state index contributed by atoms with van der Waals surface area (Å²) in [6.07, 6.45) is 0.937. The molecule has 3 aromatic rings. The van der Waals surface area contributed by atoms with Crippen LogP contribution in [0.5, 0.6) is 0 Å². The molecule has 1 amide bonds. The molecule has 0 aliphatic rings. The lowest BCUT2D eigenvalue weighted by atomic mass is 10.1. The molecule has 0 fully saturated rings. The van der Waals surface area contributed by atoms with Crippen LogP contribution in [0.2, 0.25) is 0 Å². The summed E-state index contributed by atoms with van der Waals surface area (Å²) in [7, 11) is 0. The zero-order chi connectivity index (χ0) is 19.4. The predicted molar refractivity (Wildman–Crippen MR) is 111 cm³/mol. The average Bonchev–Trinajstić information content (AvgIpc) is 2.68. The number of para-hydroxylation sites is 1. The number of hydrogen-bond donors (Lipinski definition) is 1. The number of amides is 1. The third-order valence-electron chi connectivity index (χ3n) is 4.46. The van der Waals surface area contributed by atoms with Crippen LogP contribution in [-0.2, 0) is 11.2 Å². The Labute approximate surface area is 163 Å². The van der Waals surface area contributed by atoms with Crippen molar-refractivity contribution in [1.29, 1.82) is 5.26 Å². The summed E-state index contributed by atoms with van der Waals surface area (Å²) < 4.78 is 0. The minimum atomic E-state index is -0.107. The van der Waals surface area contributed by atoms with Crippen molar-refractivity contribution in [3.8, 4) is 6.07 Å². The summed E-state index contributed by atoms with van der Waals surface area (Å²) in [5.74, 6) is 0.0955. The van der Waals surface area contributed by atoms with Crippen molar-refractivity contribution in [1.82, 2.24) is 4.98 Å². The van der Waals surface area contributed by atoms with Gasteiger partial charge in [-0.2, -0.15) is 5.26 Å². The fourth-order valence-electron chi connectivity index (χ4n) is 2.94. The highest BCUT2D eigenvalue weighted by molar-refractivity contribution is 8.00. The molecule has 0 atom stereocenters. The van der Waals surface area contributed by atoms with Gasteiger partial charge in [-0.25, -0.2) is 4.98 Å². The van der Waals surface area contributed by atoms with E-state index >= 15 is 0 Å². The molecule has 0 aliphatic carbocycles. The lowest BCUT2D eigenvalue weighted by Gasteiger charge is -2.11. The Hall–Kier alpha value is -2.84.